The van der Waals surface area contributed by atoms with Crippen molar-refractivity contribution in [3.05, 3.63) is 53.3 Å². The molecule has 0 aliphatic rings. The zero-order valence-electron chi connectivity index (χ0n) is 14.7. The Morgan fingerprint density at radius 1 is 1.00 bits per heavy atom. The van der Waals surface area contributed by atoms with E-state index >= 15 is 0 Å². The molecule has 1 aromatic carbocycles. The van der Waals surface area contributed by atoms with E-state index in [1.165, 1.54) is 0 Å². The highest BCUT2D eigenvalue weighted by Gasteiger charge is 2.24. The van der Waals surface area contributed by atoms with E-state index in [9.17, 15) is 5.11 Å². The minimum Gasteiger partial charge on any atom is -0.506 e. The summed E-state index contributed by atoms with van der Waals surface area (Å²) in [7, 11) is 0. The van der Waals surface area contributed by atoms with Gasteiger partial charge in [-0.1, -0.05) is 26.8 Å². The average Bonchev–Trinajstić information content (AvgIpc) is 2.86. The van der Waals surface area contributed by atoms with Gasteiger partial charge in [-0.3, -0.25) is 4.40 Å². The number of aryl methyl sites for hydroxylation is 2. The van der Waals surface area contributed by atoms with E-state index < -0.39 is 0 Å². The maximum absolute atomic E-state index is 9.97. The van der Waals surface area contributed by atoms with Gasteiger partial charge in [0.05, 0.1) is 5.69 Å². The van der Waals surface area contributed by atoms with Crippen LogP contribution in [0.25, 0.3) is 5.65 Å². The molecule has 5 heteroatoms. The van der Waals surface area contributed by atoms with Crippen LogP contribution in [0.15, 0.2) is 46.8 Å². The molecular formula is C19H22N4O. The van der Waals surface area contributed by atoms with Crippen molar-refractivity contribution < 1.29 is 5.11 Å². The number of rotatable bonds is 2. The first-order valence-electron chi connectivity index (χ1n) is 7.96. The Bertz CT molecular complexity index is 932. The Morgan fingerprint density at radius 2 is 1.71 bits per heavy atom. The molecular weight excluding hydrogens is 300 g/mol. The van der Waals surface area contributed by atoms with Crippen molar-refractivity contribution in [3.63, 3.8) is 0 Å². The number of azo groups is 1. The number of benzene rings is 1. The van der Waals surface area contributed by atoms with Crippen LogP contribution in [0.2, 0.25) is 0 Å². The Kier molecular flexibility index (Phi) is 3.87. The molecule has 0 spiro atoms. The summed E-state index contributed by atoms with van der Waals surface area (Å²) in [6.07, 6.45) is 1.96. The van der Waals surface area contributed by atoms with Gasteiger partial charge in [0.25, 0.3) is 0 Å². The van der Waals surface area contributed by atoms with Crippen molar-refractivity contribution >= 4 is 17.2 Å². The average molecular weight is 322 g/mol. The minimum absolute atomic E-state index is 0.117. The Labute approximate surface area is 141 Å². The fourth-order valence-corrected chi connectivity index (χ4v) is 2.55. The van der Waals surface area contributed by atoms with Gasteiger partial charge in [0, 0.05) is 11.6 Å². The Hall–Kier alpha value is -2.69. The lowest BCUT2D eigenvalue weighted by molar-refractivity contribution is 0.476. The smallest absolute Gasteiger partial charge is 0.183 e. The van der Waals surface area contributed by atoms with E-state index in [2.05, 4.69) is 31.0 Å². The van der Waals surface area contributed by atoms with E-state index in [1.807, 2.05) is 48.7 Å². The second kappa shape index (κ2) is 5.74. The first-order chi connectivity index (χ1) is 11.3. The maximum atomic E-state index is 9.97. The summed E-state index contributed by atoms with van der Waals surface area (Å²) < 4.78 is 1.93. The van der Waals surface area contributed by atoms with Crippen LogP contribution in [0.3, 0.4) is 0 Å². The van der Waals surface area contributed by atoms with Gasteiger partial charge in [0.15, 0.2) is 5.82 Å². The zero-order valence-corrected chi connectivity index (χ0v) is 14.7. The van der Waals surface area contributed by atoms with E-state index in [-0.39, 0.29) is 11.2 Å². The lowest BCUT2D eigenvalue weighted by atomic mass is 9.92. The van der Waals surface area contributed by atoms with Gasteiger partial charge in [-0.2, -0.15) is 0 Å². The summed E-state index contributed by atoms with van der Waals surface area (Å²) in [5, 5.41) is 18.7. The molecule has 0 bridgehead atoms. The normalized spacial score (nSPS) is 12.4. The lowest BCUT2D eigenvalue weighted by Crippen LogP contribution is -2.11. The standard InChI is InChI=1S/C19H22N4O/c1-12-6-7-15(24)14(10-12)21-22-18-17(19(3,4)5)20-16-11-13(2)8-9-23(16)18/h6-11,24H,1-5H3. The third kappa shape index (κ3) is 3.02. The topological polar surface area (TPSA) is 62.2 Å². The third-order valence-electron chi connectivity index (χ3n) is 3.85. The van der Waals surface area contributed by atoms with E-state index in [1.54, 1.807) is 6.07 Å². The number of phenols is 1. The quantitative estimate of drug-likeness (QED) is 0.645. The van der Waals surface area contributed by atoms with Crippen molar-refractivity contribution in [2.45, 2.75) is 40.0 Å². The molecule has 2 aromatic heterocycles. The number of hydrogen-bond acceptors (Lipinski definition) is 4. The molecule has 1 N–H and O–H groups in total. The summed E-state index contributed by atoms with van der Waals surface area (Å²) in [6, 6.07) is 9.32. The Balaban J connectivity index is 2.17. The lowest BCUT2D eigenvalue weighted by Gasteiger charge is -2.15. The number of hydrogen-bond donors (Lipinski definition) is 1. The minimum atomic E-state index is -0.164. The summed E-state index contributed by atoms with van der Waals surface area (Å²) in [4.78, 5) is 4.74. The van der Waals surface area contributed by atoms with Gasteiger partial charge in [-0.25, -0.2) is 4.98 Å². The van der Waals surface area contributed by atoms with E-state index in [4.69, 9.17) is 4.98 Å². The zero-order chi connectivity index (χ0) is 17.5. The maximum Gasteiger partial charge on any atom is 0.183 e. The van der Waals surface area contributed by atoms with Crippen molar-refractivity contribution in [2.75, 3.05) is 0 Å². The van der Waals surface area contributed by atoms with Crippen LogP contribution in [-0.2, 0) is 5.41 Å². The number of fused-ring (bicyclic) bond motifs is 1. The van der Waals surface area contributed by atoms with E-state index in [0.717, 1.165) is 22.5 Å². The Morgan fingerprint density at radius 3 is 2.42 bits per heavy atom. The number of phenolic OH excluding ortho intramolecular Hbond substituents is 1. The summed E-state index contributed by atoms with van der Waals surface area (Å²) in [5.74, 6) is 0.810. The van der Waals surface area contributed by atoms with Crippen LogP contribution in [0.5, 0.6) is 5.75 Å². The van der Waals surface area contributed by atoms with Crippen LogP contribution in [0, 0.1) is 13.8 Å². The molecule has 2 heterocycles. The van der Waals surface area contributed by atoms with Crippen LogP contribution >= 0.6 is 0 Å². The summed E-state index contributed by atoms with van der Waals surface area (Å²) in [6.45, 7) is 10.3. The van der Waals surface area contributed by atoms with Crippen LogP contribution in [-0.4, -0.2) is 14.5 Å². The third-order valence-corrected chi connectivity index (χ3v) is 3.85. The van der Waals surface area contributed by atoms with Gasteiger partial charge in [0.1, 0.15) is 17.1 Å². The number of imidazole rings is 1. The number of pyridine rings is 1. The molecule has 24 heavy (non-hydrogen) atoms. The molecule has 0 unspecified atom stereocenters. The molecule has 0 saturated carbocycles. The highest BCUT2D eigenvalue weighted by atomic mass is 16.3. The van der Waals surface area contributed by atoms with Crippen molar-refractivity contribution in [3.8, 4) is 5.75 Å². The SMILES string of the molecule is Cc1ccc(O)c(N=Nc2c(C(C)(C)C)nc3cc(C)ccn23)c1. The molecule has 0 amide bonds. The van der Waals surface area contributed by atoms with E-state index in [0.29, 0.717) is 11.5 Å². The summed E-state index contributed by atoms with van der Waals surface area (Å²) in [5.41, 5.74) is 4.19. The number of nitrogens with zero attached hydrogens (tertiary/aromatic N) is 4. The largest absolute Gasteiger partial charge is 0.506 e. The van der Waals surface area contributed by atoms with Crippen LogP contribution in [0.1, 0.15) is 37.6 Å². The van der Waals surface area contributed by atoms with Crippen LogP contribution < -0.4 is 0 Å². The van der Waals surface area contributed by atoms with Gasteiger partial charge in [-0.05, 0) is 49.2 Å². The predicted molar refractivity (Wildman–Crippen MR) is 95.6 cm³/mol. The molecule has 0 atom stereocenters. The summed E-state index contributed by atoms with van der Waals surface area (Å²) >= 11 is 0. The van der Waals surface area contributed by atoms with Crippen LogP contribution in [0.4, 0.5) is 11.5 Å². The molecule has 0 saturated heterocycles. The van der Waals surface area contributed by atoms with Gasteiger partial charge in [-0.15, -0.1) is 10.2 Å². The molecule has 124 valence electrons. The molecule has 0 fully saturated rings. The van der Waals surface area contributed by atoms with Crippen molar-refractivity contribution in [1.29, 1.82) is 0 Å². The van der Waals surface area contributed by atoms with Gasteiger partial charge in [0.2, 0.25) is 0 Å². The van der Waals surface area contributed by atoms with Gasteiger partial charge >= 0.3 is 0 Å². The van der Waals surface area contributed by atoms with Crippen molar-refractivity contribution in [2.24, 2.45) is 10.2 Å². The fourth-order valence-electron chi connectivity index (χ4n) is 2.55. The molecule has 5 nitrogen and oxygen atoms in total. The van der Waals surface area contributed by atoms with Crippen molar-refractivity contribution in [1.82, 2.24) is 9.38 Å². The monoisotopic (exact) mass is 322 g/mol. The predicted octanol–water partition coefficient (Wildman–Crippen LogP) is 5.37. The second-order valence-electron chi connectivity index (χ2n) is 7.16. The first kappa shape index (κ1) is 16.2. The van der Waals surface area contributed by atoms with Gasteiger partial charge < -0.3 is 5.11 Å². The number of aromatic nitrogens is 2. The fraction of sp³-hybridized carbons (Fsp3) is 0.316. The molecule has 3 aromatic rings. The highest BCUT2D eigenvalue weighted by Crippen LogP contribution is 2.35. The molecule has 0 aliphatic heterocycles. The second-order valence-corrected chi connectivity index (χ2v) is 7.16. The molecule has 3 rings (SSSR count). The number of aromatic hydroxyl groups is 1. The first-order valence-corrected chi connectivity index (χ1v) is 7.96. The highest BCUT2D eigenvalue weighted by molar-refractivity contribution is 5.56. The molecule has 0 aliphatic carbocycles. The molecule has 0 radical (unpaired) electrons.